The molecule has 0 bridgehead atoms. The van der Waals surface area contributed by atoms with Gasteiger partial charge in [-0.25, -0.2) is 0 Å². The lowest BCUT2D eigenvalue weighted by atomic mass is 10.1. The summed E-state index contributed by atoms with van der Waals surface area (Å²) in [6, 6.07) is 7.22. The van der Waals surface area contributed by atoms with Crippen molar-refractivity contribution in [3.05, 3.63) is 28.2 Å². The van der Waals surface area contributed by atoms with Crippen LogP contribution < -0.4 is 10.2 Å². The second kappa shape index (κ2) is 8.13. The van der Waals surface area contributed by atoms with Gasteiger partial charge in [-0.3, -0.25) is 0 Å². The van der Waals surface area contributed by atoms with E-state index in [9.17, 15) is 0 Å². The van der Waals surface area contributed by atoms with Crippen molar-refractivity contribution < 1.29 is 4.74 Å². The predicted molar refractivity (Wildman–Crippen MR) is 92.0 cm³/mol. The van der Waals surface area contributed by atoms with Crippen LogP contribution in [0, 0.1) is 0 Å². The van der Waals surface area contributed by atoms with E-state index in [1.54, 1.807) is 7.11 Å². The minimum Gasteiger partial charge on any atom is -0.383 e. The molecule has 0 aromatic heterocycles. The van der Waals surface area contributed by atoms with Gasteiger partial charge in [0.2, 0.25) is 0 Å². The minimum absolute atomic E-state index is 0.651. The van der Waals surface area contributed by atoms with Crippen LogP contribution in [0.15, 0.2) is 22.7 Å². The molecule has 1 aromatic rings. The van der Waals surface area contributed by atoms with E-state index in [0.29, 0.717) is 6.04 Å². The first-order valence-electron chi connectivity index (χ1n) is 7.51. The molecule has 0 radical (unpaired) electrons. The standard InChI is InChI=1S/C16H26BrN3O/c1-19(2)15-6-8-20(12-15)16-10-14(17)5-4-13(16)11-18-7-9-21-3/h4-5,10,15,18H,6-9,11-12H2,1-3H3. The van der Waals surface area contributed by atoms with Gasteiger partial charge in [0.1, 0.15) is 0 Å². The Bertz CT molecular complexity index is 453. The lowest BCUT2D eigenvalue weighted by Crippen LogP contribution is -2.32. The maximum Gasteiger partial charge on any atom is 0.0587 e. The summed E-state index contributed by atoms with van der Waals surface area (Å²) in [4.78, 5) is 4.83. The smallest absolute Gasteiger partial charge is 0.0587 e. The van der Waals surface area contributed by atoms with E-state index < -0.39 is 0 Å². The summed E-state index contributed by atoms with van der Waals surface area (Å²) in [5.74, 6) is 0. The zero-order valence-corrected chi connectivity index (χ0v) is 14.8. The summed E-state index contributed by atoms with van der Waals surface area (Å²) in [5.41, 5.74) is 2.70. The summed E-state index contributed by atoms with van der Waals surface area (Å²) < 4.78 is 6.23. The van der Waals surface area contributed by atoms with Gasteiger partial charge >= 0.3 is 0 Å². The van der Waals surface area contributed by atoms with Gasteiger partial charge in [0, 0.05) is 49.5 Å². The third kappa shape index (κ3) is 4.68. The number of halogens is 1. The molecule has 21 heavy (non-hydrogen) atoms. The van der Waals surface area contributed by atoms with Gasteiger partial charge in [-0.2, -0.15) is 0 Å². The van der Waals surface area contributed by atoms with E-state index in [0.717, 1.165) is 37.3 Å². The second-order valence-electron chi connectivity index (χ2n) is 5.79. The molecule has 0 saturated carbocycles. The van der Waals surface area contributed by atoms with E-state index in [1.165, 1.54) is 17.7 Å². The van der Waals surface area contributed by atoms with Crippen molar-refractivity contribution in [3.63, 3.8) is 0 Å². The molecule has 0 aliphatic carbocycles. The lowest BCUT2D eigenvalue weighted by Gasteiger charge is -2.24. The van der Waals surface area contributed by atoms with Gasteiger partial charge in [0.15, 0.2) is 0 Å². The summed E-state index contributed by atoms with van der Waals surface area (Å²) in [6.45, 7) is 4.75. The van der Waals surface area contributed by atoms with Crippen LogP contribution in [0.4, 0.5) is 5.69 Å². The van der Waals surface area contributed by atoms with E-state index in [4.69, 9.17) is 4.74 Å². The maximum absolute atomic E-state index is 5.08. The lowest BCUT2D eigenvalue weighted by molar-refractivity contribution is 0.199. The Morgan fingerprint density at radius 2 is 2.24 bits per heavy atom. The number of methoxy groups -OCH3 is 1. The minimum atomic E-state index is 0.651. The molecule has 1 saturated heterocycles. The molecule has 2 rings (SSSR count). The van der Waals surface area contributed by atoms with Crippen LogP contribution >= 0.6 is 15.9 Å². The highest BCUT2D eigenvalue weighted by atomic mass is 79.9. The van der Waals surface area contributed by atoms with Crippen molar-refractivity contribution in [2.24, 2.45) is 0 Å². The number of nitrogens with one attached hydrogen (secondary N) is 1. The first-order chi connectivity index (χ1) is 10.1. The van der Waals surface area contributed by atoms with Gasteiger partial charge in [-0.1, -0.05) is 22.0 Å². The first kappa shape index (κ1) is 16.7. The Balaban J connectivity index is 2.05. The molecule has 1 fully saturated rings. The van der Waals surface area contributed by atoms with Crippen molar-refractivity contribution in [2.45, 2.75) is 19.0 Å². The third-order valence-electron chi connectivity index (χ3n) is 4.08. The number of ether oxygens (including phenoxy) is 1. The zero-order valence-electron chi connectivity index (χ0n) is 13.2. The van der Waals surface area contributed by atoms with Crippen LogP contribution in [-0.2, 0) is 11.3 Å². The van der Waals surface area contributed by atoms with Crippen molar-refractivity contribution in [1.29, 1.82) is 0 Å². The summed E-state index contributed by atoms with van der Waals surface area (Å²) in [7, 11) is 6.07. The van der Waals surface area contributed by atoms with Crippen molar-refractivity contribution >= 4 is 21.6 Å². The van der Waals surface area contributed by atoms with Crippen LogP contribution in [0.5, 0.6) is 0 Å². The topological polar surface area (TPSA) is 27.7 Å². The number of nitrogens with zero attached hydrogens (tertiary/aromatic N) is 2. The number of rotatable bonds is 7. The number of benzene rings is 1. The van der Waals surface area contributed by atoms with Crippen LogP contribution in [0.25, 0.3) is 0 Å². The summed E-state index contributed by atoms with van der Waals surface area (Å²) in [6.07, 6.45) is 1.23. The van der Waals surface area contributed by atoms with Gasteiger partial charge in [0.25, 0.3) is 0 Å². The van der Waals surface area contributed by atoms with E-state index in [2.05, 4.69) is 63.3 Å². The van der Waals surface area contributed by atoms with E-state index in [-0.39, 0.29) is 0 Å². The van der Waals surface area contributed by atoms with Gasteiger partial charge in [-0.05, 0) is 38.2 Å². The Morgan fingerprint density at radius 1 is 1.43 bits per heavy atom. The van der Waals surface area contributed by atoms with E-state index in [1.807, 2.05) is 0 Å². The average Bonchev–Trinajstić information content (AvgIpc) is 2.94. The van der Waals surface area contributed by atoms with Gasteiger partial charge in [0.05, 0.1) is 6.61 Å². The molecule has 4 nitrogen and oxygen atoms in total. The van der Waals surface area contributed by atoms with Gasteiger partial charge in [-0.15, -0.1) is 0 Å². The molecular weight excluding hydrogens is 330 g/mol. The van der Waals surface area contributed by atoms with E-state index >= 15 is 0 Å². The Hall–Kier alpha value is -0.620. The maximum atomic E-state index is 5.08. The number of hydrogen-bond acceptors (Lipinski definition) is 4. The van der Waals surface area contributed by atoms with Crippen molar-refractivity contribution in [1.82, 2.24) is 10.2 Å². The fourth-order valence-corrected chi connectivity index (χ4v) is 3.11. The summed E-state index contributed by atoms with van der Waals surface area (Å²) in [5, 5.41) is 3.44. The highest BCUT2D eigenvalue weighted by molar-refractivity contribution is 9.10. The zero-order chi connectivity index (χ0) is 15.2. The van der Waals surface area contributed by atoms with Crippen LogP contribution in [0.1, 0.15) is 12.0 Å². The highest BCUT2D eigenvalue weighted by Crippen LogP contribution is 2.29. The molecule has 0 spiro atoms. The monoisotopic (exact) mass is 355 g/mol. The number of anilines is 1. The predicted octanol–water partition coefficient (Wildman–Crippen LogP) is 2.33. The molecule has 1 aliphatic heterocycles. The van der Waals surface area contributed by atoms with Crippen molar-refractivity contribution in [2.75, 3.05) is 52.3 Å². The van der Waals surface area contributed by atoms with Crippen LogP contribution in [0.3, 0.4) is 0 Å². The Morgan fingerprint density at radius 3 is 2.90 bits per heavy atom. The molecule has 0 amide bonds. The van der Waals surface area contributed by atoms with Gasteiger partial charge < -0.3 is 19.9 Å². The normalized spacial score (nSPS) is 18.7. The molecule has 1 N–H and O–H groups in total. The molecule has 1 unspecified atom stereocenters. The molecular formula is C16H26BrN3O. The second-order valence-corrected chi connectivity index (χ2v) is 6.71. The number of likely N-dealkylation sites (N-methyl/N-ethyl adjacent to an activating group) is 1. The third-order valence-corrected chi connectivity index (χ3v) is 4.57. The summed E-state index contributed by atoms with van der Waals surface area (Å²) >= 11 is 3.60. The van der Waals surface area contributed by atoms with Crippen LogP contribution in [-0.4, -0.2) is 58.4 Å². The first-order valence-corrected chi connectivity index (χ1v) is 8.30. The molecule has 1 atom stereocenters. The molecule has 1 aromatic carbocycles. The molecule has 1 heterocycles. The highest BCUT2D eigenvalue weighted by Gasteiger charge is 2.25. The fraction of sp³-hybridized carbons (Fsp3) is 0.625. The fourth-order valence-electron chi connectivity index (χ4n) is 2.76. The quantitative estimate of drug-likeness (QED) is 0.759. The largest absolute Gasteiger partial charge is 0.383 e. The average molecular weight is 356 g/mol. The van der Waals surface area contributed by atoms with Crippen LogP contribution in [0.2, 0.25) is 0 Å². The Kier molecular flexibility index (Phi) is 6.48. The molecule has 1 aliphatic rings. The van der Waals surface area contributed by atoms with Crippen molar-refractivity contribution in [3.8, 4) is 0 Å². The molecule has 118 valence electrons. The Labute approximate surface area is 136 Å². The SMILES string of the molecule is COCCNCc1ccc(Br)cc1N1CCC(N(C)C)C1. The molecule has 5 heteroatoms. The number of hydrogen-bond donors (Lipinski definition) is 1.